The molecule has 2 heterocycles. The van der Waals surface area contributed by atoms with Crippen LogP contribution < -0.4 is 9.62 Å². The molecule has 0 spiro atoms. The molecule has 3 rings (SSSR count). The Bertz CT molecular complexity index is 812. The number of alkyl halides is 2. The van der Waals surface area contributed by atoms with E-state index in [2.05, 4.69) is 9.71 Å². The Hall–Kier alpha value is -2.06. The topological polar surface area (TPSA) is 62.3 Å². The van der Waals surface area contributed by atoms with E-state index in [1.165, 1.54) is 12.1 Å². The van der Waals surface area contributed by atoms with Crippen LogP contribution in [0.5, 0.6) is 0 Å². The number of rotatable bonds is 5. The number of aromatic nitrogens is 1. The van der Waals surface area contributed by atoms with Crippen molar-refractivity contribution >= 4 is 15.7 Å². The molecule has 25 heavy (non-hydrogen) atoms. The molecule has 8 heteroatoms. The van der Waals surface area contributed by atoms with E-state index in [4.69, 9.17) is 0 Å². The van der Waals surface area contributed by atoms with Gasteiger partial charge in [0.25, 0.3) is 5.92 Å². The van der Waals surface area contributed by atoms with Gasteiger partial charge in [0.15, 0.2) is 0 Å². The highest BCUT2D eigenvalue weighted by atomic mass is 32.2. The fourth-order valence-electron chi connectivity index (χ4n) is 2.78. The van der Waals surface area contributed by atoms with Crippen LogP contribution in [0.1, 0.15) is 18.4 Å². The van der Waals surface area contributed by atoms with Crippen molar-refractivity contribution in [3.05, 3.63) is 54.4 Å². The smallest absolute Gasteiger partial charge is 0.265 e. The van der Waals surface area contributed by atoms with Crippen LogP contribution in [0.2, 0.25) is 0 Å². The van der Waals surface area contributed by atoms with Crippen LogP contribution in [-0.2, 0) is 16.6 Å². The minimum atomic E-state index is -3.67. The van der Waals surface area contributed by atoms with Crippen molar-refractivity contribution in [2.45, 2.75) is 30.2 Å². The molecular formula is C17H19F2N3O2S. The first-order chi connectivity index (χ1) is 11.9. The summed E-state index contributed by atoms with van der Waals surface area (Å²) in [5, 5.41) is 0. The lowest BCUT2D eigenvalue weighted by atomic mass is 10.1. The summed E-state index contributed by atoms with van der Waals surface area (Å²) < 4.78 is 54.2. The molecule has 134 valence electrons. The number of piperidine rings is 1. The van der Waals surface area contributed by atoms with Gasteiger partial charge in [0.1, 0.15) is 0 Å². The largest absolute Gasteiger partial charge is 0.365 e. The van der Waals surface area contributed by atoms with Crippen LogP contribution in [0.25, 0.3) is 0 Å². The van der Waals surface area contributed by atoms with E-state index >= 15 is 0 Å². The third-order valence-electron chi connectivity index (χ3n) is 4.12. The number of halogens is 2. The third kappa shape index (κ3) is 4.52. The van der Waals surface area contributed by atoms with Crippen molar-refractivity contribution in [2.24, 2.45) is 0 Å². The summed E-state index contributed by atoms with van der Waals surface area (Å²) in [5.41, 5.74) is 1.40. The first-order valence-corrected chi connectivity index (χ1v) is 9.45. The Morgan fingerprint density at radius 1 is 1.12 bits per heavy atom. The number of hydrogen-bond acceptors (Lipinski definition) is 4. The molecule has 1 aliphatic heterocycles. The highest BCUT2D eigenvalue weighted by molar-refractivity contribution is 7.89. The molecule has 2 aromatic rings. The first-order valence-electron chi connectivity index (χ1n) is 7.97. The van der Waals surface area contributed by atoms with Gasteiger partial charge in [-0.3, -0.25) is 4.98 Å². The Kier molecular flexibility index (Phi) is 5.01. The summed E-state index contributed by atoms with van der Waals surface area (Å²) >= 11 is 0. The zero-order chi connectivity index (χ0) is 17.9. The van der Waals surface area contributed by atoms with Crippen molar-refractivity contribution in [2.75, 3.05) is 18.0 Å². The lowest BCUT2D eigenvalue weighted by Crippen LogP contribution is -2.42. The van der Waals surface area contributed by atoms with Crippen LogP contribution >= 0.6 is 0 Å². The minimum Gasteiger partial charge on any atom is -0.365 e. The van der Waals surface area contributed by atoms with Gasteiger partial charge in [0.2, 0.25) is 10.0 Å². The number of anilines is 1. The zero-order valence-electron chi connectivity index (χ0n) is 13.5. The van der Waals surface area contributed by atoms with Crippen LogP contribution in [0.4, 0.5) is 14.5 Å². The summed E-state index contributed by atoms with van der Waals surface area (Å²) in [4.78, 5) is 5.57. The van der Waals surface area contributed by atoms with Gasteiger partial charge in [0, 0.05) is 37.6 Å². The molecule has 1 fully saturated rings. The molecule has 5 nitrogen and oxygen atoms in total. The Morgan fingerprint density at radius 3 is 2.44 bits per heavy atom. The molecule has 0 amide bonds. The number of nitrogens with zero attached hydrogens (tertiary/aromatic N) is 2. The van der Waals surface area contributed by atoms with E-state index in [-0.39, 0.29) is 24.4 Å². The van der Waals surface area contributed by atoms with Crippen molar-refractivity contribution in [1.29, 1.82) is 0 Å². The molecule has 1 saturated heterocycles. The second-order valence-corrected chi connectivity index (χ2v) is 7.82. The zero-order valence-corrected chi connectivity index (χ0v) is 14.3. The van der Waals surface area contributed by atoms with E-state index in [1.807, 2.05) is 0 Å². The van der Waals surface area contributed by atoms with Gasteiger partial charge in [-0.2, -0.15) is 0 Å². The van der Waals surface area contributed by atoms with Gasteiger partial charge in [-0.1, -0.05) is 0 Å². The van der Waals surface area contributed by atoms with Gasteiger partial charge in [-0.05, 0) is 48.4 Å². The summed E-state index contributed by atoms with van der Waals surface area (Å²) in [7, 11) is -3.67. The molecule has 0 atom stereocenters. The van der Waals surface area contributed by atoms with Crippen molar-refractivity contribution in [3.8, 4) is 0 Å². The molecule has 1 aliphatic rings. The fraction of sp³-hybridized carbons (Fsp3) is 0.353. The van der Waals surface area contributed by atoms with Crippen molar-refractivity contribution in [1.82, 2.24) is 9.71 Å². The number of sulfonamides is 1. The molecule has 1 aromatic heterocycles. The van der Waals surface area contributed by atoms with E-state index in [9.17, 15) is 17.2 Å². The average Bonchev–Trinajstić information content (AvgIpc) is 2.60. The normalized spacial score (nSPS) is 17.4. The van der Waals surface area contributed by atoms with E-state index in [0.29, 0.717) is 18.7 Å². The molecule has 0 saturated carbocycles. The predicted octanol–water partition coefficient (Wildman–Crippen LogP) is 2.80. The van der Waals surface area contributed by atoms with E-state index in [0.717, 1.165) is 5.56 Å². The lowest BCUT2D eigenvalue weighted by Gasteiger charge is -2.34. The second-order valence-electron chi connectivity index (χ2n) is 6.05. The van der Waals surface area contributed by atoms with E-state index in [1.54, 1.807) is 41.6 Å². The van der Waals surface area contributed by atoms with Crippen molar-refractivity contribution < 1.29 is 17.2 Å². The van der Waals surface area contributed by atoms with Gasteiger partial charge in [-0.15, -0.1) is 0 Å². The summed E-state index contributed by atoms with van der Waals surface area (Å²) in [6.07, 6.45) is 3.50. The molecule has 0 aliphatic carbocycles. The average molecular weight is 367 g/mol. The van der Waals surface area contributed by atoms with Gasteiger partial charge in [-0.25, -0.2) is 21.9 Å². The molecule has 0 bridgehead atoms. The first kappa shape index (κ1) is 17.8. The SMILES string of the molecule is O=S(=O)(NCc1ccncc1)c1ccc(N2CCCC(F)(F)C2)cc1. The Balaban J connectivity index is 1.68. The summed E-state index contributed by atoms with van der Waals surface area (Å²) in [5.74, 6) is -2.70. The highest BCUT2D eigenvalue weighted by Crippen LogP contribution is 2.30. The number of hydrogen-bond donors (Lipinski definition) is 1. The molecule has 0 unspecified atom stereocenters. The number of benzene rings is 1. The fourth-order valence-corrected chi connectivity index (χ4v) is 3.80. The standard InChI is InChI=1S/C17H19F2N3O2S/c18-17(19)8-1-11-22(13-17)15-2-4-16(5-3-15)25(23,24)21-12-14-6-9-20-10-7-14/h2-7,9-10,21H,1,8,11-13H2. The third-order valence-corrected chi connectivity index (χ3v) is 5.54. The summed E-state index contributed by atoms with van der Waals surface area (Å²) in [6.45, 7) is 0.367. The molecular weight excluding hydrogens is 348 g/mol. The number of pyridine rings is 1. The lowest BCUT2D eigenvalue weighted by molar-refractivity contribution is -0.0116. The maximum Gasteiger partial charge on any atom is 0.265 e. The molecule has 1 aromatic carbocycles. The monoisotopic (exact) mass is 367 g/mol. The van der Waals surface area contributed by atoms with Gasteiger partial charge < -0.3 is 4.90 Å². The van der Waals surface area contributed by atoms with Crippen LogP contribution in [0.3, 0.4) is 0 Å². The van der Waals surface area contributed by atoms with E-state index < -0.39 is 15.9 Å². The maximum atomic E-state index is 13.5. The minimum absolute atomic E-state index is 0.102. The maximum absolute atomic E-state index is 13.5. The highest BCUT2D eigenvalue weighted by Gasteiger charge is 2.35. The van der Waals surface area contributed by atoms with Crippen LogP contribution in [0, 0.1) is 0 Å². The number of nitrogens with one attached hydrogen (secondary N) is 1. The van der Waals surface area contributed by atoms with Crippen molar-refractivity contribution in [3.63, 3.8) is 0 Å². The van der Waals surface area contributed by atoms with Crippen LogP contribution in [-0.4, -0.2) is 32.4 Å². The van der Waals surface area contributed by atoms with Crippen LogP contribution in [0.15, 0.2) is 53.7 Å². The Labute approximate surface area is 145 Å². The molecule has 1 N–H and O–H groups in total. The molecule has 0 radical (unpaired) electrons. The summed E-state index contributed by atoms with van der Waals surface area (Å²) in [6, 6.07) is 9.48. The van der Waals surface area contributed by atoms with Gasteiger partial charge >= 0.3 is 0 Å². The quantitative estimate of drug-likeness (QED) is 0.883. The second kappa shape index (κ2) is 7.05. The van der Waals surface area contributed by atoms with Gasteiger partial charge in [0.05, 0.1) is 11.4 Å². The predicted molar refractivity (Wildman–Crippen MR) is 91.1 cm³/mol. The Morgan fingerprint density at radius 2 is 1.80 bits per heavy atom.